The van der Waals surface area contributed by atoms with Crippen LogP contribution < -0.4 is 0 Å². The van der Waals surface area contributed by atoms with Crippen LogP contribution in [0.3, 0.4) is 0 Å². The van der Waals surface area contributed by atoms with Crippen molar-refractivity contribution < 1.29 is 19.4 Å². The Hall–Kier alpha value is -0.610. The highest BCUT2D eigenvalue weighted by atomic mass is 16.5. The van der Waals surface area contributed by atoms with Crippen LogP contribution in [-0.2, 0) is 14.3 Å². The van der Waals surface area contributed by atoms with Crippen LogP contribution in [0.2, 0.25) is 0 Å². The van der Waals surface area contributed by atoms with Gasteiger partial charge in [0.15, 0.2) is 0 Å². The fourth-order valence-electron chi connectivity index (χ4n) is 3.87. The summed E-state index contributed by atoms with van der Waals surface area (Å²) < 4.78 is 11.4. The predicted molar refractivity (Wildman–Crippen MR) is 67.5 cm³/mol. The first kappa shape index (κ1) is 13.8. The van der Waals surface area contributed by atoms with Crippen LogP contribution in [0.1, 0.15) is 47.0 Å². The van der Waals surface area contributed by atoms with Crippen molar-refractivity contribution in [2.24, 2.45) is 11.3 Å². The van der Waals surface area contributed by atoms with Crippen molar-refractivity contribution in [2.45, 2.75) is 58.2 Å². The monoisotopic (exact) mass is 256 g/mol. The van der Waals surface area contributed by atoms with Gasteiger partial charge in [0.25, 0.3) is 0 Å². The van der Waals surface area contributed by atoms with Crippen LogP contribution in [0.5, 0.6) is 0 Å². The first-order valence-electron chi connectivity index (χ1n) is 6.71. The highest BCUT2D eigenvalue weighted by molar-refractivity contribution is 5.75. The fraction of sp³-hybridized carbons (Fsp3) is 0.929. The Morgan fingerprint density at radius 1 is 1.17 bits per heavy atom. The Bertz CT molecular complexity index is 340. The van der Waals surface area contributed by atoms with E-state index in [-0.39, 0.29) is 17.1 Å². The molecule has 0 radical (unpaired) electrons. The third-order valence-electron chi connectivity index (χ3n) is 4.55. The second-order valence-corrected chi connectivity index (χ2v) is 6.80. The molecule has 0 saturated carbocycles. The molecule has 2 aliphatic rings. The summed E-state index contributed by atoms with van der Waals surface area (Å²) >= 11 is 0. The van der Waals surface area contributed by atoms with Crippen molar-refractivity contribution in [1.29, 1.82) is 0 Å². The van der Waals surface area contributed by atoms with Gasteiger partial charge in [-0.2, -0.15) is 0 Å². The lowest BCUT2D eigenvalue weighted by Gasteiger charge is -2.43. The molecule has 0 aliphatic carbocycles. The van der Waals surface area contributed by atoms with Gasteiger partial charge in [-0.25, -0.2) is 0 Å². The van der Waals surface area contributed by atoms with Gasteiger partial charge in [0.05, 0.1) is 16.6 Å². The minimum absolute atomic E-state index is 0.0430. The van der Waals surface area contributed by atoms with E-state index in [9.17, 15) is 9.90 Å². The molecule has 1 atom stereocenters. The minimum atomic E-state index is -0.690. The average Bonchev–Trinajstić information content (AvgIpc) is 2.48. The summed E-state index contributed by atoms with van der Waals surface area (Å²) in [6.07, 6.45) is 1.98. The molecule has 0 aromatic rings. The normalized spacial score (nSPS) is 33.2. The number of hydrogen-bond acceptors (Lipinski definition) is 3. The second-order valence-electron chi connectivity index (χ2n) is 6.80. The third-order valence-corrected chi connectivity index (χ3v) is 4.55. The van der Waals surface area contributed by atoms with Crippen molar-refractivity contribution in [3.63, 3.8) is 0 Å². The van der Waals surface area contributed by atoms with Crippen molar-refractivity contribution in [2.75, 3.05) is 13.2 Å². The lowest BCUT2D eigenvalue weighted by Crippen LogP contribution is -2.49. The zero-order valence-electron chi connectivity index (χ0n) is 11.8. The molecular weight excluding hydrogens is 232 g/mol. The first-order valence-corrected chi connectivity index (χ1v) is 6.71. The molecule has 0 bridgehead atoms. The number of rotatable bonds is 2. The van der Waals surface area contributed by atoms with E-state index in [0.29, 0.717) is 26.1 Å². The number of carboxylic acids is 1. The van der Waals surface area contributed by atoms with Gasteiger partial charge in [0.1, 0.15) is 0 Å². The second kappa shape index (κ2) is 4.20. The smallest absolute Gasteiger partial charge is 0.310 e. The van der Waals surface area contributed by atoms with Gasteiger partial charge in [0.2, 0.25) is 0 Å². The van der Waals surface area contributed by atoms with E-state index >= 15 is 0 Å². The van der Waals surface area contributed by atoms with Gasteiger partial charge in [-0.15, -0.1) is 0 Å². The summed E-state index contributed by atoms with van der Waals surface area (Å²) in [5, 5.41) is 9.74. The van der Waals surface area contributed by atoms with Crippen LogP contribution in [0.15, 0.2) is 0 Å². The SMILES string of the molecule is CC1(C)CC(C2(C(=O)O)CCOCC2)C(C)(C)O1. The number of carbonyl (C=O) groups is 1. The Kier molecular flexibility index (Phi) is 3.23. The summed E-state index contributed by atoms with van der Waals surface area (Å²) in [5.74, 6) is -0.647. The van der Waals surface area contributed by atoms with E-state index in [0.717, 1.165) is 6.42 Å². The molecule has 0 aromatic carbocycles. The molecule has 4 nitrogen and oxygen atoms in total. The molecular formula is C14H24O4. The molecule has 4 heteroatoms. The molecule has 0 amide bonds. The largest absolute Gasteiger partial charge is 0.481 e. The van der Waals surface area contributed by atoms with Crippen LogP contribution in [0, 0.1) is 11.3 Å². The Labute approximate surface area is 109 Å². The summed E-state index contributed by atoms with van der Waals surface area (Å²) in [6, 6.07) is 0. The molecule has 1 unspecified atom stereocenters. The molecule has 2 aliphatic heterocycles. The number of aliphatic carboxylic acids is 1. The fourth-order valence-corrected chi connectivity index (χ4v) is 3.87. The maximum atomic E-state index is 11.9. The maximum absolute atomic E-state index is 11.9. The van der Waals surface area contributed by atoms with E-state index in [1.807, 2.05) is 27.7 Å². The van der Waals surface area contributed by atoms with Gasteiger partial charge in [-0.1, -0.05) is 0 Å². The molecule has 1 N–H and O–H groups in total. The highest BCUT2D eigenvalue weighted by Crippen LogP contribution is 2.54. The van der Waals surface area contributed by atoms with Crippen molar-refractivity contribution in [3.8, 4) is 0 Å². The predicted octanol–water partition coefficient (Wildman–Crippen LogP) is 2.46. The van der Waals surface area contributed by atoms with Crippen LogP contribution in [-0.4, -0.2) is 35.5 Å². The Balaban J connectivity index is 2.34. The summed E-state index contributed by atoms with van der Waals surface area (Å²) in [6.45, 7) is 9.21. The molecule has 18 heavy (non-hydrogen) atoms. The van der Waals surface area contributed by atoms with Crippen molar-refractivity contribution >= 4 is 5.97 Å². The molecule has 0 aromatic heterocycles. The molecule has 2 heterocycles. The number of hydrogen-bond donors (Lipinski definition) is 1. The maximum Gasteiger partial charge on any atom is 0.310 e. The third kappa shape index (κ3) is 2.16. The minimum Gasteiger partial charge on any atom is -0.481 e. The standard InChI is InChI=1S/C14H24O4/c1-12(2)9-10(13(3,4)18-12)14(11(15)16)5-7-17-8-6-14/h10H,5-9H2,1-4H3,(H,15,16). The average molecular weight is 256 g/mol. The van der Waals surface area contributed by atoms with Gasteiger partial charge >= 0.3 is 5.97 Å². The van der Waals surface area contributed by atoms with E-state index in [1.54, 1.807) is 0 Å². The van der Waals surface area contributed by atoms with E-state index in [1.165, 1.54) is 0 Å². The van der Waals surface area contributed by atoms with E-state index in [4.69, 9.17) is 9.47 Å². The van der Waals surface area contributed by atoms with Crippen molar-refractivity contribution in [3.05, 3.63) is 0 Å². The van der Waals surface area contributed by atoms with Crippen molar-refractivity contribution in [1.82, 2.24) is 0 Å². The lowest BCUT2D eigenvalue weighted by molar-refractivity contribution is -0.168. The van der Waals surface area contributed by atoms with Gasteiger partial charge in [-0.05, 0) is 47.0 Å². The lowest BCUT2D eigenvalue weighted by atomic mass is 9.63. The first-order chi connectivity index (χ1) is 8.20. The molecule has 2 saturated heterocycles. The van der Waals surface area contributed by atoms with E-state index in [2.05, 4.69) is 0 Å². The quantitative estimate of drug-likeness (QED) is 0.824. The summed E-state index contributed by atoms with van der Waals surface area (Å²) in [7, 11) is 0. The van der Waals surface area contributed by atoms with Crippen LogP contribution >= 0.6 is 0 Å². The zero-order valence-corrected chi connectivity index (χ0v) is 11.8. The zero-order chi connectivity index (χ0) is 13.6. The molecule has 104 valence electrons. The number of carboxylic acid groups (broad SMARTS) is 1. The van der Waals surface area contributed by atoms with Crippen LogP contribution in [0.25, 0.3) is 0 Å². The van der Waals surface area contributed by atoms with Gasteiger partial charge in [0, 0.05) is 19.1 Å². The molecule has 0 spiro atoms. The Morgan fingerprint density at radius 2 is 1.72 bits per heavy atom. The molecule has 2 rings (SSSR count). The molecule has 2 fully saturated rings. The summed E-state index contributed by atoms with van der Waals surface area (Å²) in [4.78, 5) is 11.9. The number of ether oxygens (including phenoxy) is 2. The van der Waals surface area contributed by atoms with Gasteiger partial charge in [-0.3, -0.25) is 4.79 Å². The van der Waals surface area contributed by atoms with Gasteiger partial charge < -0.3 is 14.6 Å². The summed E-state index contributed by atoms with van der Waals surface area (Å²) in [5.41, 5.74) is -1.32. The Morgan fingerprint density at radius 3 is 2.11 bits per heavy atom. The topological polar surface area (TPSA) is 55.8 Å². The highest BCUT2D eigenvalue weighted by Gasteiger charge is 2.59. The van der Waals surface area contributed by atoms with E-state index < -0.39 is 11.4 Å². The van der Waals surface area contributed by atoms with Crippen LogP contribution in [0.4, 0.5) is 0 Å².